The van der Waals surface area contributed by atoms with Gasteiger partial charge >= 0.3 is 0 Å². The molecule has 1 saturated heterocycles. The Morgan fingerprint density at radius 2 is 1.85 bits per heavy atom. The molecule has 1 aliphatic rings. The highest BCUT2D eigenvalue weighted by molar-refractivity contribution is 14.0. The van der Waals surface area contributed by atoms with Crippen LogP contribution < -0.4 is 10.6 Å². The van der Waals surface area contributed by atoms with Gasteiger partial charge in [-0.3, -0.25) is 9.79 Å². The van der Waals surface area contributed by atoms with Crippen molar-refractivity contribution in [2.75, 3.05) is 26.2 Å². The molecule has 1 amide bonds. The van der Waals surface area contributed by atoms with Crippen molar-refractivity contribution in [1.82, 2.24) is 15.5 Å². The lowest BCUT2D eigenvalue weighted by atomic mass is 9.93. The fourth-order valence-corrected chi connectivity index (χ4v) is 3.68. The monoisotopic (exact) mass is 496 g/mol. The summed E-state index contributed by atoms with van der Waals surface area (Å²) in [6.07, 6.45) is 7.32. The lowest BCUT2D eigenvalue weighted by Crippen LogP contribution is -2.44. The average molecular weight is 496 g/mol. The Balaban J connectivity index is 0.00000676. The van der Waals surface area contributed by atoms with Crippen LogP contribution in [0.1, 0.15) is 79.1 Å². The minimum atomic E-state index is -0.731. The molecular weight excluding hydrogens is 455 g/mol. The second-order valence-electron chi connectivity index (χ2n) is 7.53. The molecule has 3 N–H and O–H groups in total. The first kappa shape index (κ1) is 26.4. The zero-order valence-electron chi connectivity index (χ0n) is 17.7. The Bertz CT molecular complexity index is 440. The molecule has 0 spiro atoms. The number of hydrogen-bond acceptors (Lipinski definition) is 3. The van der Waals surface area contributed by atoms with Crippen molar-refractivity contribution in [2.24, 2.45) is 4.99 Å². The van der Waals surface area contributed by atoms with Crippen molar-refractivity contribution >= 4 is 35.8 Å². The maximum Gasteiger partial charge on any atom is 0.224 e. The summed E-state index contributed by atoms with van der Waals surface area (Å²) in [5, 5.41) is 17.2. The number of nitrogens with one attached hydrogen (secondary N) is 2. The van der Waals surface area contributed by atoms with Crippen LogP contribution in [0.25, 0.3) is 0 Å². The summed E-state index contributed by atoms with van der Waals surface area (Å²) >= 11 is 0. The Morgan fingerprint density at radius 3 is 2.41 bits per heavy atom. The molecule has 0 saturated carbocycles. The quantitative estimate of drug-likeness (QED) is 0.247. The Kier molecular flexibility index (Phi) is 14.1. The summed E-state index contributed by atoms with van der Waals surface area (Å²) in [5.41, 5.74) is -0.731. The maximum atomic E-state index is 12.4. The van der Waals surface area contributed by atoms with Crippen LogP contribution in [0.15, 0.2) is 4.99 Å². The van der Waals surface area contributed by atoms with Gasteiger partial charge in [-0.15, -0.1) is 24.0 Å². The molecule has 1 atom stereocenters. The lowest BCUT2D eigenvalue weighted by Gasteiger charge is -2.33. The van der Waals surface area contributed by atoms with Crippen LogP contribution in [0.4, 0.5) is 0 Å². The number of hydrogen-bond donors (Lipinski definition) is 3. The van der Waals surface area contributed by atoms with Gasteiger partial charge in [0, 0.05) is 32.1 Å². The molecule has 1 aliphatic heterocycles. The van der Waals surface area contributed by atoms with Crippen molar-refractivity contribution in [3.8, 4) is 0 Å². The number of guanidine groups is 1. The number of carbonyl (C=O) groups is 1. The summed E-state index contributed by atoms with van der Waals surface area (Å²) in [6.45, 7) is 10.9. The molecule has 0 aromatic rings. The van der Waals surface area contributed by atoms with E-state index in [4.69, 9.17) is 0 Å². The molecule has 1 heterocycles. The van der Waals surface area contributed by atoms with Crippen LogP contribution in [-0.4, -0.2) is 59.7 Å². The fourth-order valence-electron chi connectivity index (χ4n) is 3.68. The minimum Gasteiger partial charge on any atom is -0.388 e. The first-order valence-corrected chi connectivity index (χ1v) is 10.5. The van der Waals surface area contributed by atoms with E-state index < -0.39 is 5.60 Å². The number of likely N-dealkylation sites (tertiary alicyclic amines) is 1. The molecule has 1 rings (SSSR count). The molecule has 0 aromatic heterocycles. The van der Waals surface area contributed by atoms with Crippen LogP contribution in [0, 0.1) is 0 Å². The van der Waals surface area contributed by atoms with Gasteiger partial charge < -0.3 is 20.6 Å². The smallest absolute Gasteiger partial charge is 0.224 e. The highest BCUT2D eigenvalue weighted by Gasteiger charge is 2.25. The third-order valence-electron chi connectivity index (χ3n) is 5.06. The summed E-state index contributed by atoms with van der Waals surface area (Å²) in [6, 6.07) is 0.358. The van der Waals surface area contributed by atoms with E-state index in [1.807, 2.05) is 11.8 Å². The van der Waals surface area contributed by atoms with Crippen molar-refractivity contribution in [2.45, 2.75) is 90.7 Å². The molecule has 6 nitrogen and oxygen atoms in total. The lowest BCUT2D eigenvalue weighted by molar-refractivity contribution is -0.134. The molecule has 0 aliphatic carbocycles. The van der Waals surface area contributed by atoms with E-state index in [9.17, 15) is 9.90 Å². The number of halogens is 1. The molecular formula is C20H41IN4O2. The molecule has 160 valence electrons. The minimum absolute atomic E-state index is 0. The van der Waals surface area contributed by atoms with Gasteiger partial charge in [-0.2, -0.15) is 0 Å². The number of aliphatic imine (C=N–C) groups is 1. The summed E-state index contributed by atoms with van der Waals surface area (Å²) in [7, 11) is 0. The topological polar surface area (TPSA) is 77.0 Å². The standard InChI is InChI=1S/C20H40N4O2.HI/c1-5-12-20(26,13-6-2)16-23-19(21-7-3)22-14-11-18(25)24-15-9-8-10-17(24)4;/h17,26H,5-16H2,1-4H3,(H2,21,22,23);1H. The zero-order chi connectivity index (χ0) is 19.4. The predicted octanol–water partition coefficient (Wildman–Crippen LogP) is 3.28. The maximum absolute atomic E-state index is 12.4. The van der Waals surface area contributed by atoms with Crippen molar-refractivity contribution < 1.29 is 9.90 Å². The van der Waals surface area contributed by atoms with E-state index in [0.717, 1.165) is 51.6 Å². The predicted molar refractivity (Wildman–Crippen MR) is 124 cm³/mol. The Hall–Kier alpha value is -0.570. The second-order valence-corrected chi connectivity index (χ2v) is 7.53. The largest absolute Gasteiger partial charge is 0.388 e. The molecule has 1 fully saturated rings. The van der Waals surface area contributed by atoms with Crippen LogP contribution in [0.5, 0.6) is 0 Å². The second kappa shape index (κ2) is 14.4. The van der Waals surface area contributed by atoms with Gasteiger partial charge in [0.2, 0.25) is 5.91 Å². The Morgan fingerprint density at radius 1 is 1.19 bits per heavy atom. The van der Waals surface area contributed by atoms with Gasteiger partial charge in [0.1, 0.15) is 0 Å². The van der Waals surface area contributed by atoms with Gasteiger partial charge in [-0.05, 0) is 46.0 Å². The SMILES string of the molecule is CCCC(O)(CCC)CN=C(NCC)NCCC(=O)N1CCCCC1C.I. The van der Waals surface area contributed by atoms with E-state index in [1.165, 1.54) is 6.42 Å². The Labute approximate surface area is 183 Å². The van der Waals surface area contributed by atoms with Crippen LogP contribution in [0.3, 0.4) is 0 Å². The number of carbonyl (C=O) groups excluding carboxylic acids is 1. The number of amides is 1. The summed E-state index contributed by atoms with van der Waals surface area (Å²) < 4.78 is 0. The van der Waals surface area contributed by atoms with Crippen molar-refractivity contribution in [1.29, 1.82) is 0 Å². The van der Waals surface area contributed by atoms with E-state index in [1.54, 1.807) is 0 Å². The molecule has 1 unspecified atom stereocenters. The zero-order valence-corrected chi connectivity index (χ0v) is 20.1. The normalized spacial score (nSPS) is 18.0. The van der Waals surface area contributed by atoms with Gasteiger partial charge in [-0.1, -0.05) is 26.7 Å². The molecule has 0 aromatic carbocycles. The molecule has 27 heavy (non-hydrogen) atoms. The van der Waals surface area contributed by atoms with Crippen molar-refractivity contribution in [3.05, 3.63) is 0 Å². The van der Waals surface area contributed by atoms with Gasteiger partial charge in [0.15, 0.2) is 5.96 Å². The average Bonchev–Trinajstić information content (AvgIpc) is 2.60. The van der Waals surface area contributed by atoms with Crippen LogP contribution >= 0.6 is 24.0 Å². The van der Waals surface area contributed by atoms with Crippen LogP contribution in [-0.2, 0) is 4.79 Å². The first-order chi connectivity index (χ1) is 12.5. The molecule has 7 heteroatoms. The first-order valence-electron chi connectivity index (χ1n) is 10.5. The van der Waals surface area contributed by atoms with Gasteiger partial charge in [0.05, 0.1) is 12.1 Å². The number of nitrogens with zero attached hydrogens (tertiary/aromatic N) is 2. The summed E-state index contributed by atoms with van der Waals surface area (Å²) in [4.78, 5) is 19.0. The third kappa shape index (κ3) is 9.96. The third-order valence-corrected chi connectivity index (χ3v) is 5.06. The molecule has 0 radical (unpaired) electrons. The van der Waals surface area contributed by atoms with E-state index in [-0.39, 0.29) is 29.9 Å². The van der Waals surface area contributed by atoms with Crippen LogP contribution in [0.2, 0.25) is 0 Å². The van der Waals surface area contributed by atoms with Gasteiger partial charge in [-0.25, -0.2) is 0 Å². The highest BCUT2D eigenvalue weighted by atomic mass is 127. The summed E-state index contributed by atoms with van der Waals surface area (Å²) in [5.74, 6) is 0.895. The molecule has 0 bridgehead atoms. The fraction of sp³-hybridized carbons (Fsp3) is 0.900. The number of rotatable bonds is 10. The van der Waals surface area contributed by atoms with E-state index in [2.05, 4.69) is 36.4 Å². The van der Waals surface area contributed by atoms with E-state index in [0.29, 0.717) is 31.5 Å². The van der Waals surface area contributed by atoms with E-state index >= 15 is 0 Å². The highest BCUT2D eigenvalue weighted by Crippen LogP contribution is 2.20. The van der Waals surface area contributed by atoms with Gasteiger partial charge in [0.25, 0.3) is 0 Å². The number of aliphatic hydroxyl groups is 1. The van der Waals surface area contributed by atoms with Crippen molar-refractivity contribution in [3.63, 3.8) is 0 Å². The number of piperidine rings is 1.